The number of hydrogen-bond donors (Lipinski definition) is 1. The predicted molar refractivity (Wildman–Crippen MR) is 93.0 cm³/mol. The van der Waals surface area contributed by atoms with Crippen LogP contribution in [-0.2, 0) is 6.54 Å². The van der Waals surface area contributed by atoms with Crippen LogP contribution in [0.25, 0.3) is 10.9 Å². The van der Waals surface area contributed by atoms with Crippen molar-refractivity contribution in [1.29, 1.82) is 0 Å². The number of nitrogens with zero attached hydrogens (tertiary/aromatic N) is 4. The summed E-state index contributed by atoms with van der Waals surface area (Å²) in [5, 5.41) is 9.63. The lowest BCUT2D eigenvalue weighted by Gasteiger charge is -2.25. The van der Waals surface area contributed by atoms with Crippen molar-refractivity contribution in [3.8, 4) is 0 Å². The van der Waals surface area contributed by atoms with Crippen molar-refractivity contribution in [3.05, 3.63) is 34.1 Å². The average Bonchev–Trinajstić information content (AvgIpc) is 2.78. The minimum absolute atomic E-state index is 0.118. The van der Waals surface area contributed by atoms with Crippen molar-refractivity contribution >= 4 is 22.8 Å². The summed E-state index contributed by atoms with van der Waals surface area (Å²) >= 11 is 0. The number of benzene rings is 1. The molecule has 1 aliphatic rings. The van der Waals surface area contributed by atoms with E-state index in [2.05, 4.69) is 21.8 Å². The van der Waals surface area contributed by atoms with Gasteiger partial charge in [-0.05, 0) is 45.1 Å². The third-order valence-corrected chi connectivity index (χ3v) is 4.50. The summed E-state index contributed by atoms with van der Waals surface area (Å²) < 4.78 is 1.67. The molecule has 0 radical (unpaired) electrons. The molecule has 0 saturated carbocycles. The van der Waals surface area contributed by atoms with Crippen LogP contribution in [0.5, 0.6) is 0 Å². The molecule has 7 heteroatoms. The molecule has 7 nitrogen and oxygen atoms in total. The fourth-order valence-electron chi connectivity index (χ4n) is 3.12. The van der Waals surface area contributed by atoms with Crippen LogP contribution < -0.4 is 10.5 Å². The summed E-state index contributed by atoms with van der Waals surface area (Å²) in [7, 11) is 2.09. The highest BCUT2D eigenvalue weighted by atomic mass is 16.4. The number of carboxylic acids is 1. The lowest BCUT2D eigenvalue weighted by Crippen LogP contribution is -2.35. The van der Waals surface area contributed by atoms with Crippen molar-refractivity contribution in [1.82, 2.24) is 14.5 Å². The molecule has 1 N–H and O–H groups in total. The maximum absolute atomic E-state index is 12.8. The molecule has 24 heavy (non-hydrogen) atoms. The van der Waals surface area contributed by atoms with Crippen LogP contribution >= 0.6 is 0 Å². The van der Waals surface area contributed by atoms with Gasteiger partial charge in [0.25, 0.3) is 5.56 Å². The molecule has 0 aliphatic carbocycles. The summed E-state index contributed by atoms with van der Waals surface area (Å²) in [6.07, 6.45) is 1.00. The van der Waals surface area contributed by atoms with Crippen molar-refractivity contribution in [3.63, 3.8) is 0 Å². The van der Waals surface area contributed by atoms with E-state index >= 15 is 0 Å². The zero-order valence-electron chi connectivity index (χ0n) is 14.0. The highest BCUT2D eigenvalue weighted by molar-refractivity contribution is 5.93. The Hall–Kier alpha value is -2.41. The molecule has 128 valence electrons. The minimum Gasteiger partial charge on any atom is -0.478 e. The summed E-state index contributed by atoms with van der Waals surface area (Å²) in [6, 6.07) is 4.49. The van der Waals surface area contributed by atoms with Gasteiger partial charge in [-0.1, -0.05) is 0 Å². The second kappa shape index (κ2) is 6.60. The number of carboxylic acid groups (broad SMARTS) is 1. The maximum atomic E-state index is 12.8. The highest BCUT2D eigenvalue weighted by Gasteiger charge is 2.19. The number of aromatic carboxylic acids is 1. The van der Waals surface area contributed by atoms with Gasteiger partial charge in [-0.2, -0.15) is 0 Å². The number of anilines is 1. The number of aromatic nitrogens is 2. The first kappa shape index (κ1) is 16.4. The van der Waals surface area contributed by atoms with Crippen molar-refractivity contribution in [2.75, 3.05) is 38.1 Å². The molecule has 1 aromatic carbocycles. The molecule has 1 fully saturated rings. The minimum atomic E-state index is -1.02. The van der Waals surface area contributed by atoms with Gasteiger partial charge in [0.15, 0.2) is 0 Å². The topological polar surface area (TPSA) is 78.7 Å². The second-order valence-corrected chi connectivity index (χ2v) is 6.14. The standard InChI is InChI=1S/C17H22N4O3/c1-3-21-15(22)13-6-5-12(16(23)24)11-14(13)18-17(21)20-8-4-7-19(2)9-10-20/h5-6,11H,3-4,7-10H2,1-2H3,(H,23,24). The number of rotatable bonds is 3. The zero-order valence-corrected chi connectivity index (χ0v) is 14.0. The van der Waals surface area contributed by atoms with E-state index in [9.17, 15) is 14.7 Å². The Labute approximate surface area is 140 Å². The monoisotopic (exact) mass is 330 g/mol. The average molecular weight is 330 g/mol. The van der Waals surface area contributed by atoms with Gasteiger partial charge in [-0.25, -0.2) is 9.78 Å². The SMILES string of the molecule is CCn1c(N2CCCN(C)CC2)nc2cc(C(=O)O)ccc2c1=O. The van der Waals surface area contributed by atoms with Crippen LogP contribution in [0.4, 0.5) is 5.95 Å². The molecule has 1 aromatic heterocycles. The Kier molecular flexibility index (Phi) is 4.53. The maximum Gasteiger partial charge on any atom is 0.335 e. The molecule has 0 unspecified atom stereocenters. The lowest BCUT2D eigenvalue weighted by molar-refractivity contribution is 0.0697. The van der Waals surface area contributed by atoms with Crippen LogP contribution in [-0.4, -0.2) is 58.8 Å². The smallest absolute Gasteiger partial charge is 0.335 e. The summed E-state index contributed by atoms with van der Waals surface area (Å²) in [6.45, 7) is 6.02. The van der Waals surface area contributed by atoms with Gasteiger partial charge in [-0.3, -0.25) is 9.36 Å². The summed E-state index contributed by atoms with van der Waals surface area (Å²) in [5.74, 6) is -0.385. The Morgan fingerprint density at radius 1 is 1.25 bits per heavy atom. The number of carbonyl (C=O) groups is 1. The van der Waals surface area contributed by atoms with Crippen LogP contribution in [0, 0.1) is 0 Å². The van der Waals surface area contributed by atoms with E-state index in [0.717, 1.165) is 32.6 Å². The first-order chi connectivity index (χ1) is 11.5. The molecule has 0 bridgehead atoms. The van der Waals surface area contributed by atoms with E-state index < -0.39 is 5.97 Å². The zero-order chi connectivity index (χ0) is 17.3. The first-order valence-corrected chi connectivity index (χ1v) is 8.22. The van der Waals surface area contributed by atoms with Crippen LogP contribution in [0.3, 0.4) is 0 Å². The summed E-state index contributed by atoms with van der Waals surface area (Å²) in [5.41, 5.74) is 0.467. The van der Waals surface area contributed by atoms with Crippen LogP contribution in [0.1, 0.15) is 23.7 Å². The predicted octanol–water partition coefficient (Wildman–Crippen LogP) is 1.26. The molecule has 1 saturated heterocycles. The molecular formula is C17H22N4O3. The quantitative estimate of drug-likeness (QED) is 0.913. The van der Waals surface area contributed by atoms with E-state index in [1.165, 1.54) is 12.1 Å². The third-order valence-electron chi connectivity index (χ3n) is 4.50. The third kappa shape index (κ3) is 2.99. The molecular weight excluding hydrogens is 308 g/mol. The van der Waals surface area contributed by atoms with Gasteiger partial charge < -0.3 is 14.9 Å². The number of likely N-dealkylation sites (N-methyl/N-ethyl adjacent to an activating group) is 1. The molecule has 0 atom stereocenters. The van der Waals surface area contributed by atoms with Crippen molar-refractivity contribution in [2.45, 2.75) is 19.9 Å². The van der Waals surface area contributed by atoms with Gasteiger partial charge in [-0.15, -0.1) is 0 Å². The fourth-order valence-corrected chi connectivity index (χ4v) is 3.12. The van der Waals surface area contributed by atoms with Gasteiger partial charge in [0, 0.05) is 26.2 Å². The Morgan fingerprint density at radius 3 is 2.75 bits per heavy atom. The fraction of sp³-hybridized carbons (Fsp3) is 0.471. The van der Waals surface area contributed by atoms with E-state index in [1.807, 2.05) is 6.92 Å². The number of hydrogen-bond acceptors (Lipinski definition) is 5. The normalized spacial score (nSPS) is 16.3. The van der Waals surface area contributed by atoms with Crippen LogP contribution in [0.15, 0.2) is 23.0 Å². The molecule has 2 aromatic rings. The largest absolute Gasteiger partial charge is 0.478 e. The van der Waals surface area contributed by atoms with Gasteiger partial charge in [0.05, 0.1) is 16.5 Å². The lowest BCUT2D eigenvalue weighted by atomic mass is 10.1. The first-order valence-electron chi connectivity index (χ1n) is 8.22. The Morgan fingerprint density at radius 2 is 2.04 bits per heavy atom. The van der Waals surface area contributed by atoms with Gasteiger partial charge in [0.2, 0.25) is 5.95 Å². The molecule has 0 spiro atoms. The van der Waals surface area contributed by atoms with Crippen molar-refractivity contribution < 1.29 is 9.90 Å². The molecule has 2 heterocycles. The van der Waals surface area contributed by atoms with E-state index in [0.29, 0.717) is 23.4 Å². The highest BCUT2D eigenvalue weighted by Crippen LogP contribution is 2.18. The van der Waals surface area contributed by atoms with E-state index in [4.69, 9.17) is 0 Å². The Balaban J connectivity index is 2.14. The summed E-state index contributed by atoms with van der Waals surface area (Å²) in [4.78, 5) is 33.0. The second-order valence-electron chi connectivity index (χ2n) is 6.14. The van der Waals surface area contributed by atoms with Gasteiger partial charge in [0.1, 0.15) is 0 Å². The molecule has 3 rings (SSSR count). The van der Waals surface area contributed by atoms with E-state index in [-0.39, 0.29) is 11.1 Å². The number of fused-ring (bicyclic) bond motifs is 1. The van der Waals surface area contributed by atoms with Crippen LogP contribution in [0.2, 0.25) is 0 Å². The molecule has 0 amide bonds. The molecule has 1 aliphatic heterocycles. The Bertz CT molecular complexity index is 830. The van der Waals surface area contributed by atoms with Gasteiger partial charge >= 0.3 is 5.97 Å². The van der Waals surface area contributed by atoms with Crippen molar-refractivity contribution in [2.24, 2.45) is 0 Å². The van der Waals surface area contributed by atoms with E-state index in [1.54, 1.807) is 10.6 Å².